The quantitative estimate of drug-likeness (QED) is 0.558. The third-order valence-corrected chi connectivity index (χ3v) is 4.56. The molecule has 2 heterocycles. The van der Waals surface area contributed by atoms with Gasteiger partial charge in [-0.15, -0.1) is 0 Å². The minimum atomic E-state index is -0.268. The zero-order valence-electron chi connectivity index (χ0n) is 15.6. The Morgan fingerprint density at radius 3 is 2.61 bits per heavy atom. The van der Waals surface area contributed by atoms with Crippen LogP contribution in [0.5, 0.6) is 5.88 Å². The van der Waals surface area contributed by atoms with E-state index in [1.807, 2.05) is 36.4 Å². The third-order valence-electron chi connectivity index (χ3n) is 4.56. The molecule has 0 aliphatic carbocycles. The van der Waals surface area contributed by atoms with Crippen molar-refractivity contribution in [2.75, 3.05) is 7.11 Å². The summed E-state index contributed by atoms with van der Waals surface area (Å²) >= 11 is 0. The van der Waals surface area contributed by atoms with E-state index in [9.17, 15) is 4.79 Å². The Kier molecular flexibility index (Phi) is 4.76. The molecular formula is C20H20N6O2. The fourth-order valence-electron chi connectivity index (χ4n) is 3.22. The van der Waals surface area contributed by atoms with Gasteiger partial charge in [0.2, 0.25) is 5.88 Å². The number of hydrogen-bond acceptors (Lipinski definition) is 5. The van der Waals surface area contributed by atoms with Crippen molar-refractivity contribution < 1.29 is 9.53 Å². The van der Waals surface area contributed by atoms with Crippen molar-refractivity contribution in [2.45, 2.75) is 12.6 Å². The molecule has 0 spiro atoms. The molecule has 2 aromatic heterocycles. The molecule has 0 radical (unpaired) electrons. The van der Waals surface area contributed by atoms with Crippen molar-refractivity contribution in [3.63, 3.8) is 0 Å². The predicted octanol–water partition coefficient (Wildman–Crippen LogP) is 2.34. The largest absolute Gasteiger partial charge is 0.481 e. The van der Waals surface area contributed by atoms with E-state index in [4.69, 9.17) is 4.74 Å². The van der Waals surface area contributed by atoms with Crippen molar-refractivity contribution in [1.82, 2.24) is 30.1 Å². The summed E-state index contributed by atoms with van der Waals surface area (Å²) in [4.78, 5) is 14.5. The molecule has 0 aliphatic heterocycles. The Morgan fingerprint density at radius 2 is 1.89 bits per heavy atom. The van der Waals surface area contributed by atoms with Crippen LogP contribution in [0.3, 0.4) is 0 Å². The number of nitrogens with zero attached hydrogens (tertiary/aromatic N) is 5. The van der Waals surface area contributed by atoms with Crippen molar-refractivity contribution >= 4 is 16.8 Å². The number of carbonyl (C=O) groups excluding carboxylic acids is 1. The second-order valence-corrected chi connectivity index (χ2v) is 6.39. The van der Waals surface area contributed by atoms with Crippen LogP contribution in [-0.2, 0) is 13.6 Å². The summed E-state index contributed by atoms with van der Waals surface area (Å²) in [5.74, 6) is 0.474. The SMILES string of the molecule is COc1c2ccc(C(=O)NC(Cn3nccn3)c3ccccc3)cc2nn1C. The van der Waals surface area contributed by atoms with Crippen LogP contribution in [0.2, 0.25) is 0 Å². The van der Waals surface area contributed by atoms with Gasteiger partial charge in [-0.1, -0.05) is 30.3 Å². The van der Waals surface area contributed by atoms with Gasteiger partial charge in [-0.3, -0.25) is 4.79 Å². The molecule has 8 heteroatoms. The average molecular weight is 376 g/mol. The van der Waals surface area contributed by atoms with Crippen molar-refractivity contribution in [3.8, 4) is 5.88 Å². The molecule has 0 fully saturated rings. The number of rotatable bonds is 6. The number of nitrogens with one attached hydrogen (secondary N) is 1. The fourth-order valence-corrected chi connectivity index (χ4v) is 3.22. The zero-order valence-corrected chi connectivity index (χ0v) is 15.6. The van der Waals surface area contributed by atoms with Crippen LogP contribution in [0.15, 0.2) is 60.9 Å². The highest BCUT2D eigenvalue weighted by molar-refractivity contribution is 5.98. The van der Waals surface area contributed by atoms with E-state index in [2.05, 4.69) is 20.6 Å². The molecule has 0 bridgehead atoms. The maximum absolute atomic E-state index is 12.9. The maximum Gasteiger partial charge on any atom is 0.251 e. The lowest BCUT2D eigenvalue weighted by molar-refractivity contribution is 0.0931. The average Bonchev–Trinajstić information content (AvgIpc) is 3.33. The molecule has 1 N–H and O–H groups in total. The Morgan fingerprint density at radius 1 is 1.14 bits per heavy atom. The number of benzene rings is 2. The highest BCUT2D eigenvalue weighted by atomic mass is 16.5. The van der Waals surface area contributed by atoms with E-state index in [0.717, 1.165) is 10.9 Å². The van der Waals surface area contributed by atoms with Crippen LogP contribution in [0.25, 0.3) is 10.9 Å². The third kappa shape index (κ3) is 3.44. The van der Waals surface area contributed by atoms with Crippen LogP contribution in [0.1, 0.15) is 22.0 Å². The molecule has 28 heavy (non-hydrogen) atoms. The highest BCUT2D eigenvalue weighted by Crippen LogP contribution is 2.25. The van der Waals surface area contributed by atoms with E-state index < -0.39 is 0 Å². The minimum Gasteiger partial charge on any atom is -0.481 e. The standard InChI is InChI=1S/C20H20N6O2/c1-25-20(28-2)16-9-8-15(12-17(16)24-25)19(27)23-18(13-26-21-10-11-22-26)14-6-4-3-5-7-14/h3-12,18H,13H2,1-2H3,(H,23,27). The molecule has 4 rings (SSSR count). The van der Waals surface area contributed by atoms with Gasteiger partial charge in [0.15, 0.2) is 0 Å². The Hall–Kier alpha value is -3.68. The van der Waals surface area contributed by atoms with E-state index in [1.165, 1.54) is 0 Å². The maximum atomic E-state index is 12.9. The summed E-state index contributed by atoms with van der Waals surface area (Å²) in [5.41, 5.74) is 2.22. The van der Waals surface area contributed by atoms with Gasteiger partial charge in [-0.05, 0) is 23.8 Å². The number of methoxy groups -OCH3 is 1. The van der Waals surface area contributed by atoms with E-state index in [-0.39, 0.29) is 11.9 Å². The summed E-state index contributed by atoms with van der Waals surface area (Å²) in [6, 6.07) is 14.9. The fraction of sp³-hybridized carbons (Fsp3) is 0.200. The van der Waals surface area contributed by atoms with Gasteiger partial charge in [0.25, 0.3) is 5.91 Å². The predicted molar refractivity (Wildman–Crippen MR) is 104 cm³/mol. The number of ether oxygens (including phenoxy) is 1. The second kappa shape index (κ2) is 7.51. The summed E-state index contributed by atoms with van der Waals surface area (Å²) < 4.78 is 7.02. The lowest BCUT2D eigenvalue weighted by Crippen LogP contribution is -2.32. The topological polar surface area (TPSA) is 86.9 Å². The molecule has 0 saturated carbocycles. The number of amides is 1. The number of aromatic nitrogens is 5. The smallest absolute Gasteiger partial charge is 0.251 e. The Bertz CT molecular complexity index is 1090. The van der Waals surface area contributed by atoms with E-state index in [1.54, 1.807) is 48.2 Å². The summed E-state index contributed by atoms with van der Waals surface area (Å²) in [7, 11) is 3.41. The Labute approximate surface area is 161 Å². The van der Waals surface area contributed by atoms with Crippen LogP contribution < -0.4 is 10.1 Å². The van der Waals surface area contributed by atoms with Gasteiger partial charge in [0.05, 0.1) is 43.0 Å². The molecule has 142 valence electrons. The first kappa shape index (κ1) is 17.7. The number of hydrogen-bond donors (Lipinski definition) is 1. The van der Waals surface area contributed by atoms with E-state index in [0.29, 0.717) is 23.5 Å². The summed E-state index contributed by atoms with van der Waals surface area (Å²) in [6.45, 7) is 0.433. The monoisotopic (exact) mass is 376 g/mol. The van der Waals surface area contributed by atoms with Gasteiger partial charge < -0.3 is 10.1 Å². The molecule has 1 unspecified atom stereocenters. The van der Waals surface area contributed by atoms with Gasteiger partial charge >= 0.3 is 0 Å². The van der Waals surface area contributed by atoms with Gasteiger partial charge in [0, 0.05) is 12.6 Å². The first-order valence-electron chi connectivity index (χ1n) is 8.86. The normalized spacial score (nSPS) is 12.1. The molecule has 2 aromatic carbocycles. The van der Waals surface area contributed by atoms with Gasteiger partial charge in [-0.25, -0.2) is 4.68 Å². The van der Waals surface area contributed by atoms with Crippen molar-refractivity contribution in [3.05, 3.63) is 72.1 Å². The highest BCUT2D eigenvalue weighted by Gasteiger charge is 2.18. The van der Waals surface area contributed by atoms with E-state index >= 15 is 0 Å². The lowest BCUT2D eigenvalue weighted by Gasteiger charge is -2.19. The molecular weight excluding hydrogens is 356 g/mol. The van der Waals surface area contributed by atoms with Crippen molar-refractivity contribution in [2.24, 2.45) is 7.05 Å². The molecule has 8 nitrogen and oxygen atoms in total. The zero-order chi connectivity index (χ0) is 19.5. The minimum absolute atomic E-state index is 0.187. The number of carbonyl (C=O) groups is 1. The van der Waals surface area contributed by atoms with Crippen LogP contribution in [0, 0.1) is 0 Å². The van der Waals surface area contributed by atoms with Crippen molar-refractivity contribution in [1.29, 1.82) is 0 Å². The molecule has 0 aliphatic rings. The summed E-state index contributed by atoms with van der Waals surface area (Å²) in [6.07, 6.45) is 3.23. The van der Waals surface area contributed by atoms with Crippen LogP contribution >= 0.6 is 0 Å². The van der Waals surface area contributed by atoms with Crippen LogP contribution in [-0.4, -0.2) is 37.8 Å². The second-order valence-electron chi connectivity index (χ2n) is 6.39. The molecule has 4 aromatic rings. The lowest BCUT2D eigenvalue weighted by atomic mass is 10.1. The van der Waals surface area contributed by atoms with Gasteiger partial charge in [0.1, 0.15) is 0 Å². The van der Waals surface area contributed by atoms with Gasteiger partial charge in [-0.2, -0.15) is 20.1 Å². The number of aryl methyl sites for hydroxylation is 1. The molecule has 1 atom stereocenters. The first-order valence-corrected chi connectivity index (χ1v) is 8.86. The first-order chi connectivity index (χ1) is 13.7. The molecule has 0 saturated heterocycles. The summed E-state index contributed by atoms with van der Waals surface area (Å²) in [5, 5.41) is 16.7. The number of fused-ring (bicyclic) bond motifs is 1. The Balaban J connectivity index is 1.61. The van der Waals surface area contributed by atoms with Crippen LogP contribution in [0.4, 0.5) is 0 Å². The molecule has 1 amide bonds.